The molecular weight excluding hydrogens is 292 g/mol. The number of benzene rings is 1. The summed E-state index contributed by atoms with van der Waals surface area (Å²) in [6.45, 7) is 0.00780. The third-order valence-electron chi connectivity index (χ3n) is 2.77. The van der Waals surface area contributed by atoms with Crippen LogP contribution in [-0.2, 0) is 11.3 Å². The van der Waals surface area contributed by atoms with Crippen LogP contribution < -0.4 is 10.6 Å². The summed E-state index contributed by atoms with van der Waals surface area (Å²) in [7, 11) is 0. The first-order valence-electron chi connectivity index (χ1n) is 6.44. The van der Waals surface area contributed by atoms with Crippen molar-refractivity contribution in [3.63, 3.8) is 0 Å². The van der Waals surface area contributed by atoms with Crippen LogP contribution in [0.4, 0.5) is 8.78 Å². The minimum Gasteiger partial charge on any atom is -0.350 e. The lowest BCUT2D eigenvalue weighted by Gasteiger charge is -2.07. The molecule has 22 heavy (non-hydrogen) atoms. The number of amides is 2. The average Bonchev–Trinajstić information content (AvgIpc) is 2.50. The zero-order valence-corrected chi connectivity index (χ0v) is 11.5. The summed E-state index contributed by atoms with van der Waals surface area (Å²) in [4.78, 5) is 27.1. The maximum atomic E-state index is 13.0. The predicted octanol–water partition coefficient (Wildman–Crippen LogP) is 1.41. The molecule has 2 N–H and O–H groups in total. The van der Waals surface area contributed by atoms with Crippen molar-refractivity contribution in [2.75, 3.05) is 6.54 Å². The van der Waals surface area contributed by atoms with Gasteiger partial charge in [0.05, 0.1) is 6.54 Å². The van der Waals surface area contributed by atoms with Crippen molar-refractivity contribution >= 4 is 11.8 Å². The van der Waals surface area contributed by atoms with Crippen molar-refractivity contribution in [2.45, 2.75) is 6.54 Å². The standard InChI is InChI=1S/C15H13F2N3O2/c16-12-5-11(6-13(17)7-12)15(22)20-9-14(21)19-8-10-1-3-18-4-2-10/h1-7H,8-9H2,(H,19,21)(H,20,22). The second-order valence-electron chi connectivity index (χ2n) is 4.47. The van der Waals surface area contributed by atoms with Crippen molar-refractivity contribution < 1.29 is 18.4 Å². The monoisotopic (exact) mass is 305 g/mol. The van der Waals surface area contributed by atoms with E-state index in [0.29, 0.717) is 12.6 Å². The Hall–Kier alpha value is -2.83. The van der Waals surface area contributed by atoms with Crippen LogP contribution in [0.3, 0.4) is 0 Å². The van der Waals surface area contributed by atoms with Gasteiger partial charge in [0.25, 0.3) is 5.91 Å². The van der Waals surface area contributed by atoms with E-state index in [1.54, 1.807) is 24.5 Å². The zero-order chi connectivity index (χ0) is 15.9. The van der Waals surface area contributed by atoms with Gasteiger partial charge in [-0.3, -0.25) is 14.6 Å². The van der Waals surface area contributed by atoms with Gasteiger partial charge in [0, 0.05) is 30.6 Å². The largest absolute Gasteiger partial charge is 0.350 e. The van der Waals surface area contributed by atoms with Gasteiger partial charge < -0.3 is 10.6 Å². The van der Waals surface area contributed by atoms with Crippen molar-refractivity contribution in [3.8, 4) is 0 Å². The van der Waals surface area contributed by atoms with Gasteiger partial charge in [-0.15, -0.1) is 0 Å². The number of nitrogens with zero attached hydrogens (tertiary/aromatic N) is 1. The lowest BCUT2D eigenvalue weighted by molar-refractivity contribution is -0.120. The molecule has 0 unspecified atom stereocenters. The van der Waals surface area contributed by atoms with E-state index < -0.39 is 23.4 Å². The van der Waals surface area contributed by atoms with E-state index in [0.717, 1.165) is 17.7 Å². The quantitative estimate of drug-likeness (QED) is 0.877. The smallest absolute Gasteiger partial charge is 0.251 e. The van der Waals surface area contributed by atoms with E-state index in [2.05, 4.69) is 15.6 Å². The van der Waals surface area contributed by atoms with Gasteiger partial charge >= 0.3 is 0 Å². The molecule has 0 radical (unpaired) electrons. The van der Waals surface area contributed by atoms with Crippen LogP contribution in [0.2, 0.25) is 0 Å². The minimum atomic E-state index is -0.854. The normalized spacial score (nSPS) is 10.1. The molecule has 0 aliphatic carbocycles. The van der Waals surface area contributed by atoms with E-state index in [1.807, 2.05) is 0 Å². The van der Waals surface area contributed by atoms with Gasteiger partial charge in [-0.2, -0.15) is 0 Å². The molecule has 0 saturated carbocycles. The van der Waals surface area contributed by atoms with Crippen LogP contribution in [-0.4, -0.2) is 23.3 Å². The minimum absolute atomic E-state index is 0.181. The molecule has 2 amide bonds. The highest BCUT2D eigenvalue weighted by Gasteiger charge is 2.10. The predicted molar refractivity (Wildman–Crippen MR) is 74.8 cm³/mol. The van der Waals surface area contributed by atoms with Gasteiger partial charge in [-0.25, -0.2) is 8.78 Å². The first kappa shape index (κ1) is 15.6. The highest BCUT2D eigenvalue weighted by Crippen LogP contribution is 2.07. The number of halogens is 2. The summed E-state index contributed by atoms with van der Waals surface area (Å²) in [5, 5.41) is 4.89. The third-order valence-corrected chi connectivity index (χ3v) is 2.77. The summed E-state index contributed by atoms with van der Waals surface area (Å²) >= 11 is 0. The van der Waals surface area contributed by atoms with Gasteiger partial charge in [-0.05, 0) is 29.8 Å². The van der Waals surface area contributed by atoms with Crippen LogP contribution in [0.5, 0.6) is 0 Å². The Morgan fingerprint density at radius 2 is 1.64 bits per heavy atom. The fraction of sp³-hybridized carbons (Fsp3) is 0.133. The van der Waals surface area contributed by atoms with Crippen molar-refractivity contribution in [3.05, 3.63) is 65.5 Å². The molecule has 0 aliphatic heterocycles. The molecule has 1 aromatic heterocycles. The maximum absolute atomic E-state index is 13.0. The van der Waals surface area contributed by atoms with Crippen LogP contribution in [0.1, 0.15) is 15.9 Å². The summed E-state index contributed by atoms with van der Waals surface area (Å²) < 4.78 is 26.0. The molecule has 0 spiro atoms. The number of hydrogen-bond donors (Lipinski definition) is 2. The molecule has 0 saturated heterocycles. The van der Waals surface area contributed by atoms with Gasteiger partial charge in [0.15, 0.2) is 0 Å². The van der Waals surface area contributed by atoms with Crippen molar-refractivity contribution in [1.29, 1.82) is 0 Å². The molecule has 0 fully saturated rings. The second-order valence-corrected chi connectivity index (χ2v) is 4.47. The molecule has 0 aliphatic rings. The topological polar surface area (TPSA) is 71.1 Å². The average molecular weight is 305 g/mol. The number of pyridine rings is 1. The Bertz CT molecular complexity index is 657. The van der Waals surface area contributed by atoms with E-state index in [4.69, 9.17) is 0 Å². The molecule has 1 heterocycles. The van der Waals surface area contributed by atoms with E-state index >= 15 is 0 Å². The molecule has 2 aromatic rings. The van der Waals surface area contributed by atoms with Crippen LogP contribution in [0, 0.1) is 11.6 Å². The molecule has 114 valence electrons. The first-order chi connectivity index (χ1) is 10.5. The Morgan fingerprint density at radius 3 is 2.27 bits per heavy atom. The molecule has 2 rings (SSSR count). The van der Waals surface area contributed by atoms with Crippen LogP contribution >= 0.6 is 0 Å². The lowest BCUT2D eigenvalue weighted by Crippen LogP contribution is -2.36. The molecule has 7 heteroatoms. The fourth-order valence-corrected chi connectivity index (χ4v) is 1.71. The highest BCUT2D eigenvalue weighted by molar-refractivity contribution is 5.96. The summed E-state index contributed by atoms with van der Waals surface area (Å²) in [6.07, 6.45) is 3.20. The first-order valence-corrected chi connectivity index (χ1v) is 6.44. The van der Waals surface area contributed by atoms with Crippen LogP contribution in [0.25, 0.3) is 0 Å². The lowest BCUT2D eigenvalue weighted by atomic mass is 10.2. The number of carbonyl (C=O) groups is 2. The zero-order valence-electron chi connectivity index (χ0n) is 11.5. The molecule has 0 bridgehead atoms. The Labute approximate surface area is 125 Å². The number of hydrogen-bond acceptors (Lipinski definition) is 3. The SMILES string of the molecule is O=C(CNC(=O)c1cc(F)cc(F)c1)NCc1ccncc1. The Balaban J connectivity index is 1.81. The van der Waals surface area contributed by atoms with Crippen molar-refractivity contribution in [2.24, 2.45) is 0 Å². The molecular formula is C15H13F2N3O2. The Kier molecular flexibility index (Phi) is 5.13. The highest BCUT2D eigenvalue weighted by atomic mass is 19.1. The van der Waals surface area contributed by atoms with Gasteiger partial charge in [0.2, 0.25) is 5.91 Å². The van der Waals surface area contributed by atoms with Gasteiger partial charge in [0.1, 0.15) is 11.6 Å². The van der Waals surface area contributed by atoms with Gasteiger partial charge in [-0.1, -0.05) is 0 Å². The van der Waals surface area contributed by atoms with Crippen LogP contribution in [0.15, 0.2) is 42.7 Å². The van der Waals surface area contributed by atoms with Crippen molar-refractivity contribution in [1.82, 2.24) is 15.6 Å². The number of aromatic nitrogens is 1. The summed E-state index contributed by atoms with van der Waals surface area (Å²) in [5.74, 6) is -2.85. The Morgan fingerprint density at radius 1 is 1.00 bits per heavy atom. The maximum Gasteiger partial charge on any atom is 0.251 e. The molecule has 5 nitrogen and oxygen atoms in total. The van der Waals surface area contributed by atoms with E-state index in [1.165, 1.54) is 0 Å². The van der Waals surface area contributed by atoms with E-state index in [-0.39, 0.29) is 12.1 Å². The third kappa shape index (κ3) is 4.62. The second kappa shape index (κ2) is 7.26. The molecule has 0 atom stereocenters. The summed E-state index contributed by atoms with van der Waals surface area (Å²) in [5.41, 5.74) is 0.682. The fourth-order valence-electron chi connectivity index (χ4n) is 1.71. The summed E-state index contributed by atoms with van der Waals surface area (Å²) in [6, 6.07) is 5.95. The molecule has 1 aromatic carbocycles. The number of carbonyl (C=O) groups excluding carboxylic acids is 2. The van der Waals surface area contributed by atoms with E-state index in [9.17, 15) is 18.4 Å². The number of nitrogens with one attached hydrogen (secondary N) is 2. The number of rotatable bonds is 5.